The lowest BCUT2D eigenvalue weighted by Gasteiger charge is -2.40. The van der Waals surface area contributed by atoms with Gasteiger partial charge in [-0.15, -0.1) is 0 Å². The Balaban J connectivity index is 1.73. The molecule has 3 N–H and O–H groups in total. The van der Waals surface area contributed by atoms with Crippen molar-refractivity contribution in [2.24, 2.45) is 0 Å². The number of hydrogen-bond donors (Lipinski definition) is 2. The third kappa shape index (κ3) is 3.70. The quantitative estimate of drug-likeness (QED) is 0.624. The summed E-state index contributed by atoms with van der Waals surface area (Å²) in [5.41, 5.74) is 8.53. The average Bonchev–Trinajstić information content (AvgIpc) is 3.57. The zero-order valence-electron chi connectivity index (χ0n) is 17.5. The summed E-state index contributed by atoms with van der Waals surface area (Å²) >= 11 is 0. The van der Waals surface area contributed by atoms with Crippen molar-refractivity contribution in [3.05, 3.63) is 36.3 Å². The maximum atomic E-state index is 12.4. The monoisotopic (exact) mass is 439 g/mol. The molecule has 0 spiro atoms. The van der Waals surface area contributed by atoms with Crippen LogP contribution in [0, 0.1) is 0 Å². The molecule has 1 aliphatic carbocycles. The maximum Gasteiger partial charge on any atom is 0.165 e. The van der Waals surface area contributed by atoms with Crippen LogP contribution in [-0.4, -0.2) is 59.1 Å². The van der Waals surface area contributed by atoms with E-state index in [1.807, 2.05) is 19.2 Å². The SMILES string of the molecule is C[C@@H]1C(S(C)(=O)=O)NCCN1c1nc(-c2ccnc(N)c2)nc2cncc(C3CC3)c12. The summed E-state index contributed by atoms with van der Waals surface area (Å²) in [4.78, 5) is 20.3. The molecule has 0 radical (unpaired) electrons. The van der Waals surface area contributed by atoms with Gasteiger partial charge in [-0.2, -0.15) is 0 Å². The smallest absolute Gasteiger partial charge is 0.165 e. The number of nitrogen functional groups attached to an aromatic ring is 1. The molecule has 1 saturated carbocycles. The number of pyridine rings is 2. The molecule has 10 heteroatoms. The first-order valence-corrected chi connectivity index (χ1v) is 12.3. The van der Waals surface area contributed by atoms with Gasteiger partial charge in [0, 0.05) is 42.7 Å². The van der Waals surface area contributed by atoms with Gasteiger partial charge in [0.05, 0.1) is 17.8 Å². The van der Waals surface area contributed by atoms with Crippen molar-refractivity contribution in [1.29, 1.82) is 0 Å². The summed E-state index contributed by atoms with van der Waals surface area (Å²) in [6.07, 6.45) is 8.79. The molecule has 1 saturated heterocycles. The van der Waals surface area contributed by atoms with Crippen LogP contribution in [0.2, 0.25) is 0 Å². The molecular weight excluding hydrogens is 414 g/mol. The number of fused-ring (bicyclic) bond motifs is 1. The van der Waals surface area contributed by atoms with Gasteiger partial charge in [0.1, 0.15) is 17.0 Å². The molecule has 2 aliphatic rings. The van der Waals surface area contributed by atoms with Gasteiger partial charge in [-0.05, 0) is 43.4 Å². The minimum atomic E-state index is -3.28. The second-order valence-electron chi connectivity index (χ2n) is 8.38. The van der Waals surface area contributed by atoms with Gasteiger partial charge in [0.15, 0.2) is 15.7 Å². The van der Waals surface area contributed by atoms with Gasteiger partial charge in [-0.25, -0.2) is 23.4 Å². The number of rotatable bonds is 4. The topological polar surface area (TPSA) is 127 Å². The summed E-state index contributed by atoms with van der Waals surface area (Å²) in [5, 5.41) is 3.44. The van der Waals surface area contributed by atoms with Crippen molar-refractivity contribution < 1.29 is 8.42 Å². The van der Waals surface area contributed by atoms with Crippen molar-refractivity contribution in [2.75, 3.05) is 30.0 Å². The van der Waals surface area contributed by atoms with Crippen molar-refractivity contribution in [2.45, 2.75) is 37.1 Å². The molecule has 3 aromatic rings. The van der Waals surface area contributed by atoms with Crippen LogP contribution in [0.3, 0.4) is 0 Å². The van der Waals surface area contributed by atoms with E-state index in [1.165, 1.54) is 6.26 Å². The number of nitrogens with zero attached hydrogens (tertiary/aromatic N) is 5. The molecule has 1 unspecified atom stereocenters. The van der Waals surface area contributed by atoms with E-state index in [2.05, 4.69) is 20.2 Å². The molecule has 0 bridgehead atoms. The maximum absolute atomic E-state index is 12.4. The summed E-state index contributed by atoms with van der Waals surface area (Å²) < 4.78 is 24.8. The van der Waals surface area contributed by atoms with E-state index in [4.69, 9.17) is 15.7 Å². The molecule has 0 amide bonds. The van der Waals surface area contributed by atoms with Gasteiger partial charge < -0.3 is 10.6 Å². The number of nitrogens with one attached hydrogen (secondary N) is 1. The predicted octanol–water partition coefficient (Wildman–Crippen LogP) is 1.72. The summed E-state index contributed by atoms with van der Waals surface area (Å²) in [7, 11) is -3.28. The van der Waals surface area contributed by atoms with E-state index in [-0.39, 0.29) is 6.04 Å². The lowest BCUT2D eigenvalue weighted by Crippen LogP contribution is -2.59. The minimum Gasteiger partial charge on any atom is -0.384 e. The summed E-state index contributed by atoms with van der Waals surface area (Å²) in [5.74, 6) is 2.11. The lowest BCUT2D eigenvalue weighted by atomic mass is 10.1. The second kappa shape index (κ2) is 7.38. The Kier molecular flexibility index (Phi) is 4.78. The lowest BCUT2D eigenvalue weighted by molar-refractivity contribution is 0.444. The molecule has 2 atom stereocenters. The van der Waals surface area contributed by atoms with Crippen LogP contribution in [0.5, 0.6) is 0 Å². The first kappa shape index (κ1) is 20.1. The van der Waals surface area contributed by atoms with Gasteiger partial charge in [-0.1, -0.05) is 0 Å². The molecule has 9 nitrogen and oxygen atoms in total. The molecule has 31 heavy (non-hydrogen) atoms. The van der Waals surface area contributed by atoms with Gasteiger partial charge in [-0.3, -0.25) is 10.3 Å². The molecular formula is C21H25N7O2S. The molecule has 4 heterocycles. The Morgan fingerprint density at radius 2 is 2.03 bits per heavy atom. The van der Waals surface area contributed by atoms with Gasteiger partial charge in [0.2, 0.25) is 0 Å². The highest BCUT2D eigenvalue weighted by Crippen LogP contribution is 2.45. The van der Waals surface area contributed by atoms with Crippen LogP contribution in [0.1, 0.15) is 31.2 Å². The molecule has 5 rings (SSSR count). The fraction of sp³-hybridized carbons (Fsp3) is 0.429. The van der Waals surface area contributed by atoms with Crippen molar-refractivity contribution in [3.63, 3.8) is 0 Å². The van der Waals surface area contributed by atoms with Crippen LogP contribution in [-0.2, 0) is 9.84 Å². The number of anilines is 2. The van der Waals surface area contributed by atoms with Gasteiger partial charge >= 0.3 is 0 Å². The van der Waals surface area contributed by atoms with E-state index in [9.17, 15) is 8.42 Å². The average molecular weight is 440 g/mol. The fourth-order valence-electron chi connectivity index (χ4n) is 4.39. The van der Waals surface area contributed by atoms with Crippen LogP contribution in [0.15, 0.2) is 30.7 Å². The van der Waals surface area contributed by atoms with E-state index in [1.54, 1.807) is 18.5 Å². The standard InChI is InChI=1S/C21H25N7O2S/c1-12-21(31(2,29)30)25-7-8-28(12)20-18-15(13-3-4-13)10-23-11-16(18)26-19(27-20)14-5-6-24-17(22)9-14/h5-6,9-13,21,25H,3-4,7-8H2,1-2H3,(H2,22,24)/t12-,21?/m1/s1. The zero-order valence-corrected chi connectivity index (χ0v) is 18.3. The Hall–Kier alpha value is -2.85. The number of nitrogens with two attached hydrogens (primary N) is 1. The fourth-order valence-corrected chi connectivity index (χ4v) is 5.67. The molecule has 1 aliphatic heterocycles. The molecule has 0 aromatic carbocycles. The third-order valence-electron chi connectivity index (χ3n) is 6.03. The number of piperazine rings is 1. The number of hydrogen-bond acceptors (Lipinski definition) is 9. The summed E-state index contributed by atoms with van der Waals surface area (Å²) in [6.45, 7) is 3.12. The number of sulfone groups is 1. The van der Waals surface area contributed by atoms with E-state index in [0.29, 0.717) is 30.6 Å². The van der Waals surface area contributed by atoms with Crippen molar-refractivity contribution in [3.8, 4) is 11.4 Å². The highest BCUT2D eigenvalue weighted by Gasteiger charge is 2.37. The normalized spacial score (nSPS) is 22.1. The Morgan fingerprint density at radius 3 is 2.74 bits per heavy atom. The van der Waals surface area contributed by atoms with E-state index in [0.717, 1.165) is 40.7 Å². The largest absolute Gasteiger partial charge is 0.384 e. The minimum absolute atomic E-state index is 0.294. The van der Waals surface area contributed by atoms with Gasteiger partial charge in [0.25, 0.3) is 0 Å². The van der Waals surface area contributed by atoms with Crippen molar-refractivity contribution in [1.82, 2.24) is 25.3 Å². The number of aromatic nitrogens is 4. The van der Waals surface area contributed by atoms with Crippen molar-refractivity contribution >= 4 is 32.4 Å². The Morgan fingerprint density at radius 1 is 1.23 bits per heavy atom. The second-order valence-corrected chi connectivity index (χ2v) is 10.5. The van der Waals surface area contributed by atoms with E-state index < -0.39 is 15.2 Å². The van der Waals surface area contributed by atoms with Crippen LogP contribution >= 0.6 is 0 Å². The third-order valence-corrected chi connectivity index (χ3v) is 7.52. The van der Waals surface area contributed by atoms with E-state index >= 15 is 0 Å². The van der Waals surface area contributed by atoms with Crippen LogP contribution < -0.4 is 16.0 Å². The Labute approximate surface area is 181 Å². The van der Waals surface area contributed by atoms with Crippen LogP contribution in [0.4, 0.5) is 11.6 Å². The highest BCUT2D eigenvalue weighted by molar-refractivity contribution is 7.91. The first-order valence-electron chi connectivity index (χ1n) is 10.4. The summed E-state index contributed by atoms with van der Waals surface area (Å²) in [6, 6.07) is 3.27. The molecule has 3 aromatic heterocycles. The van der Waals surface area contributed by atoms with Crippen LogP contribution in [0.25, 0.3) is 22.3 Å². The predicted molar refractivity (Wildman–Crippen MR) is 120 cm³/mol. The molecule has 2 fully saturated rings. The highest BCUT2D eigenvalue weighted by atomic mass is 32.2. The zero-order chi connectivity index (χ0) is 21.8. The Bertz CT molecular complexity index is 1260. The first-order chi connectivity index (χ1) is 14.8. The molecule has 162 valence electrons.